The van der Waals surface area contributed by atoms with Crippen molar-refractivity contribution in [2.24, 2.45) is 0 Å². The van der Waals surface area contributed by atoms with Gasteiger partial charge >= 0.3 is 0 Å². The largest absolute Gasteiger partial charge is 0.288 e. The molecule has 0 rings (SSSR count). The van der Waals surface area contributed by atoms with E-state index in [4.69, 9.17) is 0 Å². The smallest absolute Gasteiger partial charge is 0.185 e. The summed E-state index contributed by atoms with van der Waals surface area (Å²) in [6.07, 6.45) is 56.5. The zero-order chi connectivity index (χ0) is 30.3. The van der Waals surface area contributed by atoms with Crippen LogP contribution < -0.4 is 0 Å². The summed E-state index contributed by atoms with van der Waals surface area (Å²) in [4.78, 5) is 10.7. The fraction of sp³-hybridized carbons (Fsp3) is 0.447. The van der Waals surface area contributed by atoms with Gasteiger partial charge in [0, 0.05) is 12.7 Å². The molecule has 0 radical (unpaired) electrons. The Morgan fingerprint density at radius 2 is 0.732 bits per heavy atom. The minimum Gasteiger partial charge on any atom is -0.288 e. The molecule has 0 heterocycles. The standard InChI is InChI=1S/C20H30OS.C18H28S/c1-3-4-5-6-7-8-9-10-11-12-13-14-15-16-17-18-19-22-20(2)21;1-2-3-4-5-6-7-8-9-10-11-12-13-14-15-16-17-18-19/h4-5,7-8,10-11,13-14,16-17H,3,6,9,12,15,18-19H2,1-2H3;3-4,6-7,9-10,12-13,15-16,19H,2,5,8,11,14,17-18H2,1H3/b5-4-,8-7-,11-10-,14-13-,17-16-;4-3-,7-6-,10-9-,13-12-,16-15-. The van der Waals surface area contributed by atoms with Crippen LogP contribution in [0.1, 0.15) is 97.8 Å². The van der Waals surface area contributed by atoms with Gasteiger partial charge in [-0.25, -0.2) is 0 Å². The molecule has 0 fully saturated rings. The third kappa shape index (κ3) is 45.0. The van der Waals surface area contributed by atoms with E-state index in [2.05, 4.69) is 148 Å². The van der Waals surface area contributed by atoms with Gasteiger partial charge in [0.1, 0.15) is 0 Å². The molecule has 41 heavy (non-hydrogen) atoms. The number of rotatable bonds is 23. The third-order valence-electron chi connectivity index (χ3n) is 5.20. The summed E-state index contributed by atoms with van der Waals surface area (Å²) in [5.74, 6) is 1.82. The van der Waals surface area contributed by atoms with Gasteiger partial charge in [0.05, 0.1) is 0 Å². The molecule has 0 saturated heterocycles. The molecule has 3 heteroatoms. The van der Waals surface area contributed by atoms with Gasteiger partial charge in [-0.2, -0.15) is 12.6 Å². The van der Waals surface area contributed by atoms with Crippen LogP contribution in [0.3, 0.4) is 0 Å². The lowest BCUT2D eigenvalue weighted by Crippen LogP contribution is -1.83. The first kappa shape index (κ1) is 40.9. The predicted octanol–water partition coefficient (Wildman–Crippen LogP) is 12.5. The predicted molar refractivity (Wildman–Crippen MR) is 195 cm³/mol. The summed E-state index contributed by atoms with van der Waals surface area (Å²) in [5.41, 5.74) is 0. The quantitative estimate of drug-likeness (QED) is 0.0720. The van der Waals surface area contributed by atoms with Crippen molar-refractivity contribution in [1.29, 1.82) is 0 Å². The zero-order valence-corrected chi connectivity index (χ0v) is 27.9. The van der Waals surface area contributed by atoms with Crippen molar-refractivity contribution in [1.82, 2.24) is 0 Å². The van der Waals surface area contributed by atoms with Crippen molar-refractivity contribution < 1.29 is 4.79 Å². The average Bonchev–Trinajstić information content (AvgIpc) is 2.97. The molecule has 1 nitrogen and oxygen atoms in total. The lowest BCUT2D eigenvalue weighted by Gasteiger charge is -1.90. The van der Waals surface area contributed by atoms with Crippen molar-refractivity contribution in [3.63, 3.8) is 0 Å². The normalized spacial score (nSPS) is 13.0. The highest BCUT2D eigenvalue weighted by Crippen LogP contribution is 2.04. The Bertz CT molecular complexity index is 848. The van der Waals surface area contributed by atoms with Crippen LogP contribution in [-0.2, 0) is 4.79 Å². The van der Waals surface area contributed by atoms with Gasteiger partial charge in [-0.05, 0) is 82.8 Å². The fourth-order valence-corrected chi connectivity index (χ4v) is 3.77. The Balaban J connectivity index is 0. The molecular weight excluding hydrogens is 537 g/mol. The molecule has 228 valence electrons. The SMILES string of the molecule is CC/C=C\C/C=C\C/C=C\C/C=C\C/C=C\CCS.CC/C=C\C/C=C\C/C=C\C/C=C\C/C=C\CCSC(C)=O. The molecule has 0 N–H and O–H groups in total. The molecule has 0 aromatic carbocycles. The van der Waals surface area contributed by atoms with Crippen LogP contribution in [0.2, 0.25) is 0 Å². The van der Waals surface area contributed by atoms with Gasteiger partial charge in [-0.15, -0.1) is 0 Å². The molecule has 0 aliphatic carbocycles. The number of hydrogen-bond acceptors (Lipinski definition) is 3. The summed E-state index contributed by atoms with van der Waals surface area (Å²) in [6.45, 7) is 5.93. The second kappa shape index (κ2) is 39.9. The van der Waals surface area contributed by atoms with Crippen molar-refractivity contribution in [2.45, 2.75) is 97.8 Å². The Kier molecular flexibility index (Phi) is 39.8. The van der Waals surface area contributed by atoms with Gasteiger partial charge in [0.15, 0.2) is 5.12 Å². The second-order valence-electron chi connectivity index (χ2n) is 9.06. The number of thiol groups is 1. The molecular formula is C38H58OS2. The van der Waals surface area contributed by atoms with Crippen LogP contribution >= 0.6 is 24.4 Å². The van der Waals surface area contributed by atoms with Crippen molar-refractivity contribution in [2.75, 3.05) is 11.5 Å². The highest BCUT2D eigenvalue weighted by atomic mass is 32.2. The number of carbonyl (C=O) groups is 1. The Hall–Kier alpha value is -2.23. The molecule has 0 bridgehead atoms. The Morgan fingerprint density at radius 1 is 0.463 bits per heavy atom. The van der Waals surface area contributed by atoms with Crippen LogP contribution in [0.25, 0.3) is 0 Å². The third-order valence-corrected chi connectivity index (χ3v) is 6.31. The maximum atomic E-state index is 10.7. The molecule has 0 unspecified atom stereocenters. The first-order valence-corrected chi connectivity index (χ1v) is 17.0. The minimum absolute atomic E-state index is 0.201. The highest BCUT2D eigenvalue weighted by Gasteiger charge is 1.89. The van der Waals surface area contributed by atoms with Crippen LogP contribution in [0.15, 0.2) is 122 Å². The highest BCUT2D eigenvalue weighted by molar-refractivity contribution is 8.13. The van der Waals surface area contributed by atoms with Crippen molar-refractivity contribution >= 4 is 29.5 Å². The van der Waals surface area contributed by atoms with Crippen LogP contribution in [-0.4, -0.2) is 16.6 Å². The Labute approximate surface area is 264 Å². The lowest BCUT2D eigenvalue weighted by molar-refractivity contribution is -0.109. The molecule has 0 aromatic heterocycles. The van der Waals surface area contributed by atoms with Crippen molar-refractivity contribution in [3.05, 3.63) is 122 Å². The van der Waals surface area contributed by atoms with Crippen LogP contribution in [0.5, 0.6) is 0 Å². The average molecular weight is 595 g/mol. The topological polar surface area (TPSA) is 17.1 Å². The first-order valence-electron chi connectivity index (χ1n) is 15.4. The molecule has 0 aromatic rings. The van der Waals surface area contributed by atoms with E-state index in [0.717, 1.165) is 88.6 Å². The molecule has 0 saturated carbocycles. The fourth-order valence-electron chi connectivity index (χ4n) is 3.08. The molecule has 0 atom stereocenters. The van der Waals surface area contributed by atoms with E-state index in [1.165, 1.54) is 11.8 Å². The Morgan fingerprint density at radius 3 is 1.00 bits per heavy atom. The number of thioether (sulfide) groups is 1. The maximum Gasteiger partial charge on any atom is 0.185 e. The molecule has 0 aliphatic heterocycles. The first-order chi connectivity index (χ1) is 20.2. The van der Waals surface area contributed by atoms with Gasteiger partial charge in [-0.1, -0.05) is 147 Å². The summed E-state index contributed by atoms with van der Waals surface area (Å²) in [7, 11) is 0. The van der Waals surface area contributed by atoms with Crippen LogP contribution in [0, 0.1) is 0 Å². The summed E-state index contributed by atoms with van der Waals surface area (Å²) in [5, 5.41) is 0.201. The van der Waals surface area contributed by atoms with Gasteiger partial charge in [0.2, 0.25) is 0 Å². The monoisotopic (exact) mass is 594 g/mol. The van der Waals surface area contributed by atoms with E-state index in [9.17, 15) is 4.79 Å². The van der Waals surface area contributed by atoms with Gasteiger partial charge in [-0.3, -0.25) is 4.79 Å². The van der Waals surface area contributed by atoms with E-state index in [-0.39, 0.29) is 5.12 Å². The number of hydrogen-bond donors (Lipinski definition) is 1. The lowest BCUT2D eigenvalue weighted by atomic mass is 10.2. The summed E-state index contributed by atoms with van der Waals surface area (Å²) in [6, 6.07) is 0. The van der Waals surface area contributed by atoms with Crippen molar-refractivity contribution in [3.8, 4) is 0 Å². The summed E-state index contributed by atoms with van der Waals surface area (Å²) >= 11 is 5.55. The van der Waals surface area contributed by atoms with E-state index in [0.29, 0.717) is 0 Å². The van der Waals surface area contributed by atoms with Gasteiger partial charge < -0.3 is 0 Å². The molecule has 0 aliphatic rings. The second-order valence-corrected chi connectivity index (χ2v) is 10.8. The molecule has 0 spiro atoms. The van der Waals surface area contributed by atoms with Gasteiger partial charge in [0.25, 0.3) is 0 Å². The van der Waals surface area contributed by atoms with E-state index >= 15 is 0 Å². The van der Waals surface area contributed by atoms with E-state index in [1.807, 2.05) is 0 Å². The summed E-state index contributed by atoms with van der Waals surface area (Å²) < 4.78 is 0. The zero-order valence-electron chi connectivity index (χ0n) is 26.2. The van der Waals surface area contributed by atoms with E-state index < -0.39 is 0 Å². The number of carbonyl (C=O) groups excluding carboxylic acids is 1. The van der Waals surface area contributed by atoms with Crippen LogP contribution in [0.4, 0.5) is 0 Å². The maximum absolute atomic E-state index is 10.7. The van der Waals surface area contributed by atoms with E-state index in [1.54, 1.807) is 6.92 Å². The number of allylic oxidation sites excluding steroid dienone is 20. The minimum atomic E-state index is 0.201. The molecule has 0 amide bonds.